The van der Waals surface area contributed by atoms with Crippen LogP contribution in [0.15, 0.2) is 37.4 Å². The van der Waals surface area contributed by atoms with E-state index in [1.165, 1.54) is 55.8 Å². The fraction of sp³-hybridized carbons (Fsp3) is 0.480. The lowest BCUT2D eigenvalue weighted by molar-refractivity contribution is -0.145. The molecule has 0 bridgehead atoms. The Labute approximate surface area is 197 Å². The van der Waals surface area contributed by atoms with E-state index in [9.17, 15) is 4.79 Å². The van der Waals surface area contributed by atoms with Crippen LogP contribution in [-0.4, -0.2) is 18.7 Å². The van der Waals surface area contributed by atoms with Crippen LogP contribution in [0.5, 0.6) is 5.06 Å². The highest BCUT2D eigenvalue weighted by molar-refractivity contribution is 7.38. The van der Waals surface area contributed by atoms with Crippen molar-refractivity contribution in [3.05, 3.63) is 42.3 Å². The van der Waals surface area contributed by atoms with Crippen LogP contribution in [0.25, 0.3) is 18.8 Å². The van der Waals surface area contributed by atoms with E-state index in [2.05, 4.69) is 32.2 Å². The molecular weight excluding hydrogens is 444 g/mol. The molecule has 0 aromatic carbocycles. The zero-order valence-corrected chi connectivity index (χ0v) is 20.8. The van der Waals surface area contributed by atoms with Crippen molar-refractivity contribution < 1.29 is 14.3 Å². The minimum Gasteiger partial charge on any atom is -0.484 e. The molecule has 0 aliphatic carbocycles. The molecule has 3 heterocycles. The lowest BCUT2D eigenvalue weighted by atomic mass is 10.1. The van der Waals surface area contributed by atoms with Crippen LogP contribution in [0.1, 0.15) is 62.7 Å². The summed E-state index contributed by atoms with van der Waals surface area (Å²) >= 11 is 5.55. The lowest BCUT2D eigenvalue weighted by Crippen LogP contribution is -2.12. The van der Waals surface area contributed by atoms with Crippen molar-refractivity contribution in [3.8, 4) is 5.06 Å². The van der Waals surface area contributed by atoms with E-state index >= 15 is 0 Å². The Bertz CT molecular complexity index is 987. The quantitative estimate of drug-likeness (QED) is 0.125. The number of thiophene rings is 3. The van der Waals surface area contributed by atoms with Crippen molar-refractivity contribution in [2.45, 2.75) is 70.8 Å². The summed E-state index contributed by atoms with van der Waals surface area (Å²) in [4.78, 5) is 13.1. The van der Waals surface area contributed by atoms with Gasteiger partial charge < -0.3 is 9.47 Å². The predicted molar refractivity (Wildman–Crippen MR) is 137 cm³/mol. The highest BCUT2D eigenvalue weighted by Crippen LogP contribution is 2.45. The van der Waals surface area contributed by atoms with Gasteiger partial charge in [0.05, 0.1) is 20.7 Å². The van der Waals surface area contributed by atoms with Crippen LogP contribution < -0.4 is 4.74 Å². The van der Waals surface area contributed by atoms with Crippen molar-refractivity contribution >= 4 is 58.8 Å². The Kier molecular flexibility index (Phi) is 9.62. The van der Waals surface area contributed by atoms with Crippen LogP contribution in [0.3, 0.4) is 0 Å². The number of carbonyl (C=O) groups excluding carboxylic acids is 1. The van der Waals surface area contributed by atoms with Crippen LogP contribution >= 0.6 is 34.0 Å². The molecule has 0 aliphatic rings. The molecule has 0 atom stereocenters. The maximum Gasteiger partial charge on any atom is 0.306 e. The third kappa shape index (κ3) is 7.19. The van der Waals surface area contributed by atoms with Gasteiger partial charge in [-0.2, -0.15) is 0 Å². The van der Waals surface area contributed by atoms with Crippen molar-refractivity contribution in [2.24, 2.45) is 0 Å². The molecule has 0 saturated carbocycles. The zero-order chi connectivity index (χ0) is 22.1. The molecule has 3 aromatic heterocycles. The van der Waals surface area contributed by atoms with E-state index in [4.69, 9.17) is 9.47 Å². The molecule has 3 nitrogen and oxygen atoms in total. The van der Waals surface area contributed by atoms with Gasteiger partial charge in [-0.1, -0.05) is 63.0 Å². The molecule has 0 fully saturated rings. The molecule has 0 aliphatic heterocycles. The van der Waals surface area contributed by atoms with Gasteiger partial charge in [0.25, 0.3) is 0 Å². The van der Waals surface area contributed by atoms with Gasteiger partial charge in [-0.15, -0.1) is 22.7 Å². The maximum atomic E-state index is 11.7. The molecule has 0 saturated heterocycles. The predicted octanol–water partition coefficient (Wildman–Crippen LogP) is 8.66. The van der Waals surface area contributed by atoms with Crippen LogP contribution in [0.2, 0.25) is 0 Å². The molecule has 0 unspecified atom stereocenters. The summed E-state index contributed by atoms with van der Waals surface area (Å²) in [5, 5.41) is 1.06. The van der Waals surface area contributed by atoms with Crippen LogP contribution in [0, 0.1) is 6.92 Å². The lowest BCUT2D eigenvalue weighted by Gasteiger charge is -2.09. The molecule has 31 heavy (non-hydrogen) atoms. The van der Waals surface area contributed by atoms with Gasteiger partial charge in [-0.05, 0) is 38.0 Å². The van der Waals surface area contributed by atoms with E-state index in [1.807, 2.05) is 22.7 Å². The highest BCUT2D eigenvalue weighted by Gasteiger charge is 2.12. The first-order valence-electron chi connectivity index (χ1n) is 11.1. The summed E-state index contributed by atoms with van der Waals surface area (Å²) in [6.45, 7) is 10.2. The Morgan fingerprint density at radius 1 is 0.903 bits per heavy atom. The monoisotopic (exact) mass is 476 g/mol. The minimum atomic E-state index is -0.366. The van der Waals surface area contributed by atoms with E-state index in [0.717, 1.165) is 30.9 Å². The van der Waals surface area contributed by atoms with Gasteiger partial charge in [0.2, 0.25) is 0 Å². The summed E-state index contributed by atoms with van der Waals surface area (Å²) in [6.07, 6.45) is 12.5. The zero-order valence-electron chi connectivity index (χ0n) is 18.3. The molecule has 6 heteroatoms. The SMILES string of the molecule is C=CC(C=C)OC(=O)CCCCCCCCCCOc1cc2sc3cc(C)sc3c2s1. The second kappa shape index (κ2) is 12.4. The Morgan fingerprint density at radius 3 is 2.23 bits per heavy atom. The second-order valence-corrected chi connectivity index (χ2v) is 11.1. The van der Waals surface area contributed by atoms with Crippen LogP contribution in [0.4, 0.5) is 0 Å². The number of carbonyl (C=O) groups is 1. The van der Waals surface area contributed by atoms with Gasteiger partial charge in [0.15, 0.2) is 5.06 Å². The van der Waals surface area contributed by atoms with E-state index in [0.29, 0.717) is 6.42 Å². The number of hydrogen-bond donors (Lipinski definition) is 0. The summed E-state index contributed by atoms with van der Waals surface area (Å²) in [6, 6.07) is 4.49. The Hall–Kier alpha value is -1.63. The number of rotatable bonds is 15. The van der Waals surface area contributed by atoms with E-state index < -0.39 is 0 Å². The summed E-state index contributed by atoms with van der Waals surface area (Å²) < 4.78 is 16.8. The smallest absolute Gasteiger partial charge is 0.306 e. The highest BCUT2D eigenvalue weighted by atomic mass is 32.1. The number of unbranched alkanes of at least 4 members (excludes halogenated alkanes) is 7. The van der Waals surface area contributed by atoms with Crippen molar-refractivity contribution in [3.63, 3.8) is 0 Å². The average molecular weight is 477 g/mol. The first-order valence-corrected chi connectivity index (χ1v) is 13.6. The molecule has 0 amide bonds. The van der Waals surface area contributed by atoms with Gasteiger partial charge in [-0.3, -0.25) is 4.79 Å². The van der Waals surface area contributed by atoms with Crippen molar-refractivity contribution in [1.82, 2.24) is 0 Å². The summed E-state index contributed by atoms with van der Waals surface area (Å²) in [7, 11) is 0. The third-order valence-electron chi connectivity index (χ3n) is 5.17. The standard InChI is InChI=1S/C25H32O3S3/c1-4-19(5-2)28-22(26)14-12-10-8-6-7-9-11-13-15-27-23-17-21-25(31-23)24-20(30-21)16-18(3)29-24/h4-5,16-17,19H,1-2,6-15H2,3H3. The third-order valence-corrected chi connectivity index (χ3v) is 8.78. The summed E-state index contributed by atoms with van der Waals surface area (Å²) in [5.74, 6) is -0.162. The first kappa shape index (κ1) is 24.0. The van der Waals surface area contributed by atoms with Gasteiger partial charge in [0, 0.05) is 22.1 Å². The number of aryl methyl sites for hydroxylation is 1. The largest absolute Gasteiger partial charge is 0.484 e. The van der Waals surface area contributed by atoms with Gasteiger partial charge >= 0.3 is 5.97 Å². The second-order valence-electron chi connectivity index (χ2n) is 7.76. The molecule has 0 N–H and O–H groups in total. The fourth-order valence-electron chi connectivity index (χ4n) is 3.51. The van der Waals surface area contributed by atoms with E-state index in [-0.39, 0.29) is 12.1 Å². The van der Waals surface area contributed by atoms with Crippen LogP contribution in [-0.2, 0) is 9.53 Å². The fourth-order valence-corrected chi connectivity index (χ4v) is 7.31. The Morgan fingerprint density at radius 2 is 1.52 bits per heavy atom. The van der Waals surface area contributed by atoms with Crippen molar-refractivity contribution in [1.29, 1.82) is 0 Å². The molecular formula is C25H32O3S3. The molecule has 3 rings (SSSR count). The minimum absolute atomic E-state index is 0.162. The topological polar surface area (TPSA) is 35.5 Å². The van der Waals surface area contributed by atoms with Gasteiger partial charge in [0.1, 0.15) is 6.10 Å². The van der Waals surface area contributed by atoms with E-state index in [1.54, 1.807) is 23.5 Å². The first-order chi connectivity index (χ1) is 15.1. The maximum absolute atomic E-state index is 11.7. The van der Waals surface area contributed by atoms with Gasteiger partial charge in [-0.25, -0.2) is 0 Å². The normalized spacial score (nSPS) is 11.4. The summed E-state index contributed by atoms with van der Waals surface area (Å²) in [5.41, 5.74) is 0. The molecule has 0 spiro atoms. The molecule has 0 radical (unpaired) electrons. The number of ether oxygens (including phenoxy) is 2. The number of esters is 1. The van der Waals surface area contributed by atoms with Crippen molar-refractivity contribution in [2.75, 3.05) is 6.61 Å². The Balaban J connectivity index is 1.18. The molecule has 168 valence electrons. The molecule has 3 aromatic rings. The number of hydrogen-bond acceptors (Lipinski definition) is 6. The number of fused-ring (bicyclic) bond motifs is 3. The average Bonchev–Trinajstić information content (AvgIpc) is 3.40.